The molecule has 5 aromatic carbocycles. The number of hydrogen-bond acceptors (Lipinski definition) is 15. The fraction of sp³-hybridized carbons (Fsp3) is 0.429. The molecular weight excluding hydrogens is 1570 g/mol. The summed E-state index contributed by atoms with van der Waals surface area (Å²) in [5, 5.41) is 0. The van der Waals surface area contributed by atoms with Crippen molar-refractivity contribution >= 4 is 85.6 Å². The predicted octanol–water partition coefficient (Wildman–Crippen LogP) is 24.8. The lowest BCUT2D eigenvalue weighted by Gasteiger charge is -2.44. The Morgan fingerprint density at radius 3 is 0.708 bits per heavy atom. The highest BCUT2D eigenvalue weighted by Gasteiger charge is 2.56. The topological polar surface area (TPSA) is 150 Å². The van der Waals surface area contributed by atoms with Gasteiger partial charge in [0.1, 0.15) is 0 Å². The van der Waals surface area contributed by atoms with Crippen molar-refractivity contribution in [2.24, 2.45) is 52.8 Å². The first-order valence-corrected chi connectivity index (χ1v) is 48.5. The highest BCUT2D eigenvalue weighted by Crippen LogP contribution is 2.61. The number of thiazole rings is 5. The molecule has 15 heteroatoms. The van der Waals surface area contributed by atoms with Crippen molar-refractivity contribution in [2.45, 2.75) is 234 Å². The summed E-state index contributed by atoms with van der Waals surface area (Å²) in [6, 6.07) is 52.9. The molecule has 0 spiro atoms. The third kappa shape index (κ3) is 13.8. The fourth-order valence-corrected chi connectivity index (χ4v) is 29.3. The van der Waals surface area contributed by atoms with Gasteiger partial charge in [0.25, 0.3) is 0 Å². The lowest BCUT2D eigenvalue weighted by molar-refractivity contribution is -0.121. The molecule has 5 heterocycles. The number of allylic oxidation sites excluding steroid dienone is 10. The first kappa shape index (κ1) is 84.9. The number of Topliss-reactive ketones (excluding diaryl/α,β-unsaturated/α-hetero) is 5. The van der Waals surface area contributed by atoms with Gasteiger partial charge in [0.05, 0.1) is 83.1 Å². The van der Waals surface area contributed by atoms with E-state index in [0.717, 1.165) is 124 Å². The lowest BCUT2D eigenvalue weighted by atomic mass is 9.59. The van der Waals surface area contributed by atoms with Crippen LogP contribution in [0.25, 0.3) is 0 Å². The smallest absolute Gasteiger partial charge is 0.162 e. The van der Waals surface area contributed by atoms with E-state index in [-0.39, 0.29) is 56.2 Å². The monoisotopic (exact) mass is 1690 g/mol. The van der Waals surface area contributed by atoms with E-state index < -0.39 is 0 Å². The molecule has 10 aliphatic rings. The Bertz CT molecular complexity index is 5180. The van der Waals surface area contributed by atoms with Gasteiger partial charge >= 0.3 is 0 Å². The van der Waals surface area contributed by atoms with Crippen LogP contribution in [0.3, 0.4) is 0 Å². The van der Waals surface area contributed by atoms with Gasteiger partial charge in [-0.1, -0.05) is 283 Å². The van der Waals surface area contributed by atoms with E-state index in [2.05, 4.69) is 250 Å². The molecule has 10 nitrogen and oxygen atoms in total. The average molecular weight is 1690 g/mol. The van der Waals surface area contributed by atoms with E-state index in [4.69, 9.17) is 0 Å². The Kier molecular flexibility index (Phi) is 23.9. The van der Waals surface area contributed by atoms with Crippen molar-refractivity contribution in [3.63, 3.8) is 0 Å². The first-order chi connectivity index (χ1) is 57.8. The molecule has 0 N–H and O–H groups in total. The van der Waals surface area contributed by atoms with Crippen LogP contribution in [0, 0.1) is 52.8 Å². The Morgan fingerprint density at radius 1 is 0.283 bits per heavy atom. The Morgan fingerprint density at radius 2 is 0.492 bits per heavy atom. The van der Waals surface area contributed by atoms with E-state index in [1.165, 1.54) is 109 Å². The molecule has 0 fully saturated rings. The highest BCUT2D eigenvalue weighted by molar-refractivity contribution is 7.11. The van der Waals surface area contributed by atoms with Crippen LogP contribution in [-0.2, 0) is 83.2 Å². The summed E-state index contributed by atoms with van der Waals surface area (Å²) in [5.74, 6) is 4.03. The Balaban J connectivity index is 0.000000112. The minimum Gasteiger partial charge on any atom is -0.294 e. The number of nitrogens with zero attached hydrogens (tertiary/aromatic N) is 5. The van der Waals surface area contributed by atoms with Crippen LogP contribution in [0.15, 0.2) is 235 Å². The van der Waals surface area contributed by atoms with Crippen LogP contribution in [0.1, 0.15) is 255 Å². The third-order valence-corrected chi connectivity index (χ3v) is 34.5. The van der Waals surface area contributed by atoms with E-state index in [0.29, 0.717) is 59.0 Å². The minimum atomic E-state index is -0.314. The zero-order valence-electron chi connectivity index (χ0n) is 72.6. The second kappa shape index (κ2) is 33.9. The zero-order chi connectivity index (χ0) is 84.5. The molecule has 10 aromatic rings. The number of fused-ring (bicyclic) bond motifs is 5. The molecule has 0 radical (unpaired) electrons. The summed E-state index contributed by atoms with van der Waals surface area (Å²) in [5.41, 5.74) is 32.4. The molecule has 10 aliphatic carbocycles. The minimum absolute atomic E-state index is 0.0552. The first-order valence-electron chi connectivity index (χ1n) is 44.1. The van der Waals surface area contributed by atoms with E-state index in [1.807, 2.05) is 57.9 Å². The average Bonchev–Trinajstić information content (AvgIpc) is 1.46. The van der Waals surface area contributed by atoms with Crippen LogP contribution in [0.4, 0.5) is 0 Å². The lowest BCUT2D eigenvalue weighted by Crippen LogP contribution is -2.42. The standard InChI is InChI=1S/5C21H23NOS/c1-4-21(15-8-6-5-7-9-15)18-14(10-16-19(21)24-13-22-16)11-20(2,3)12-17(18)23;4*1-4-21(15-8-6-5-7-9-15)18-16(11-17-20(21)24-12-22-17)13(2)10-14(3)19(18)23/h5-9,13H,4,10-12H2,1-3H3;4*5-9,12-14H,4,10-11H2,1-3H3/t;13?,14?,21-;13-,14-,21+;13-,14-,21-;/m.101./s1. The summed E-state index contributed by atoms with van der Waals surface area (Å²) in [7, 11) is 0. The van der Waals surface area contributed by atoms with Gasteiger partial charge in [-0.2, -0.15) is 0 Å². The molecule has 120 heavy (non-hydrogen) atoms. The van der Waals surface area contributed by atoms with Crippen molar-refractivity contribution < 1.29 is 24.0 Å². The van der Waals surface area contributed by atoms with Gasteiger partial charge in [0.2, 0.25) is 0 Å². The normalized spacial score (nSPS) is 28.6. The Hall–Kier alpha value is -8.70. The molecule has 6 unspecified atom stereocenters. The number of carbonyl (C=O) groups excluding carboxylic acids is 5. The number of carbonyl (C=O) groups is 5. The second-order valence-corrected chi connectivity index (χ2v) is 41.1. The van der Waals surface area contributed by atoms with Gasteiger partial charge in [-0.3, -0.25) is 24.0 Å². The SMILES string of the molecule is CCC1(c2ccccc2)C2=C(Cc3ncsc31)C(C)CC(C)C2=O.CCC1(c2ccccc2)C2=C(Cc3ncsc31)CC(C)(C)CC2=O.CC[C@@]1(c2ccccc2)C2=C(Cc3ncsc31)C(C)CC(C)C2=O.CC[C@@]1(c2ccccc2)C2=C(Cc3ncsc31)[C@@H](C)C[C@H](C)C2=O.CC[C@@]1(c2ccccc2)C2=C(Cc3ncsc31)[C@H](C)C[C@@H](C)C2=O. The van der Waals surface area contributed by atoms with Crippen LogP contribution in [0.5, 0.6) is 0 Å². The molecule has 0 amide bonds. The third-order valence-electron chi connectivity index (χ3n) is 29.3. The van der Waals surface area contributed by atoms with Crippen molar-refractivity contribution in [1.29, 1.82) is 0 Å². The largest absolute Gasteiger partial charge is 0.294 e. The van der Waals surface area contributed by atoms with Crippen LogP contribution < -0.4 is 0 Å². The maximum absolute atomic E-state index is 13.3. The summed E-state index contributed by atoms with van der Waals surface area (Å²) in [6.45, 7) is 33.0. The van der Waals surface area contributed by atoms with Gasteiger partial charge in [-0.05, 0) is 121 Å². The second-order valence-electron chi connectivity index (χ2n) is 36.8. The fourth-order valence-electron chi connectivity index (χ4n) is 23.8. The van der Waals surface area contributed by atoms with Gasteiger partial charge in [-0.25, -0.2) is 24.9 Å². The number of ketones is 5. The van der Waals surface area contributed by atoms with Crippen LogP contribution >= 0.6 is 56.7 Å². The molecule has 0 saturated carbocycles. The van der Waals surface area contributed by atoms with E-state index in [1.54, 1.807) is 56.7 Å². The van der Waals surface area contributed by atoms with E-state index in [9.17, 15) is 24.0 Å². The van der Waals surface area contributed by atoms with Crippen molar-refractivity contribution in [3.05, 3.63) is 316 Å². The number of benzene rings is 5. The molecular formula is C105H115N5O5S5. The van der Waals surface area contributed by atoms with Gasteiger partial charge in [0.15, 0.2) is 28.9 Å². The van der Waals surface area contributed by atoms with Gasteiger partial charge < -0.3 is 0 Å². The predicted molar refractivity (Wildman–Crippen MR) is 492 cm³/mol. The zero-order valence-corrected chi connectivity index (χ0v) is 76.7. The number of hydrogen-bond donors (Lipinski definition) is 0. The van der Waals surface area contributed by atoms with E-state index >= 15 is 0 Å². The molecule has 620 valence electrons. The van der Waals surface area contributed by atoms with Crippen molar-refractivity contribution in [1.82, 2.24) is 24.9 Å². The van der Waals surface area contributed by atoms with Crippen molar-refractivity contribution in [3.8, 4) is 0 Å². The molecule has 0 bridgehead atoms. The highest BCUT2D eigenvalue weighted by atomic mass is 32.1. The summed E-state index contributed by atoms with van der Waals surface area (Å²) >= 11 is 8.57. The van der Waals surface area contributed by atoms with Gasteiger partial charge in [-0.15, -0.1) is 56.7 Å². The molecule has 0 aliphatic heterocycles. The van der Waals surface area contributed by atoms with Crippen molar-refractivity contribution in [2.75, 3.05) is 0 Å². The molecule has 0 saturated heterocycles. The van der Waals surface area contributed by atoms with Crippen LogP contribution in [-0.4, -0.2) is 53.8 Å². The molecule has 13 atom stereocenters. The summed E-state index contributed by atoms with van der Waals surface area (Å²) in [6.07, 6.45) is 14.2. The molecule has 20 rings (SSSR count). The maximum Gasteiger partial charge on any atom is 0.162 e. The summed E-state index contributed by atoms with van der Waals surface area (Å²) in [4.78, 5) is 96.2. The Labute approximate surface area is 730 Å². The number of aromatic nitrogens is 5. The van der Waals surface area contributed by atoms with Crippen LogP contribution in [0.2, 0.25) is 0 Å². The number of rotatable bonds is 10. The quantitative estimate of drug-likeness (QED) is 0.129. The summed E-state index contributed by atoms with van der Waals surface area (Å²) < 4.78 is 0. The molecule has 5 aromatic heterocycles. The van der Waals surface area contributed by atoms with Gasteiger partial charge in [0, 0.05) is 114 Å². The maximum atomic E-state index is 13.3.